The third kappa shape index (κ3) is 2.81. The van der Waals surface area contributed by atoms with E-state index in [1.165, 1.54) is 31.2 Å². The molecule has 0 aliphatic heterocycles. The van der Waals surface area contributed by atoms with Gasteiger partial charge in [0.2, 0.25) is 0 Å². The highest BCUT2D eigenvalue weighted by molar-refractivity contribution is 7.80. The second-order valence-corrected chi connectivity index (χ2v) is 6.56. The summed E-state index contributed by atoms with van der Waals surface area (Å²) in [5, 5.41) is 9.00. The third-order valence-corrected chi connectivity index (χ3v) is 5.20. The first kappa shape index (κ1) is 13.0. The summed E-state index contributed by atoms with van der Waals surface area (Å²) in [6, 6.07) is 8.49. The van der Waals surface area contributed by atoms with Gasteiger partial charge < -0.3 is 5.11 Å². The van der Waals surface area contributed by atoms with Crippen LogP contribution in [0.3, 0.4) is 0 Å². The quantitative estimate of drug-likeness (QED) is 0.820. The summed E-state index contributed by atoms with van der Waals surface area (Å²) < 4.78 is 0. The molecular weight excluding hydrogens is 256 g/mol. The molecule has 3 heteroatoms. The molecule has 0 radical (unpaired) electrons. The average molecular weight is 276 g/mol. The molecular formula is C16H20O2S. The van der Waals surface area contributed by atoms with Crippen LogP contribution in [0.5, 0.6) is 0 Å². The molecule has 0 aromatic heterocycles. The predicted octanol–water partition coefficient (Wildman–Crippen LogP) is 3.97. The van der Waals surface area contributed by atoms with Crippen molar-refractivity contribution in [3.8, 4) is 0 Å². The standard InChI is InChI=1S/C16H20O2S/c17-16(18)15-9-14(15)12-3-1-10(2-4-12)11-5-7-13(19)8-6-11/h5-8,10,12,14-15,19H,1-4,9H2,(H,17,18). The maximum atomic E-state index is 10.9. The number of benzene rings is 1. The lowest BCUT2D eigenvalue weighted by Gasteiger charge is -2.29. The molecule has 1 N–H and O–H groups in total. The van der Waals surface area contributed by atoms with Crippen LogP contribution in [0, 0.1) is 17.8 Å². The van der Waals surface area contributed by atoms with Gasteiger partial charge in [-0.05, 0) is 67.6 Å². The lowest BCUT2D eigenvalue weighted by molar-refractivity contribution is -0.139. The normalized spacial score (nSPS) is 33.9. The minimum absolute atomic E-state index is 0.0370. The number of aliphatic carboxylic acids is 1. The highest BCUT2D eigenvalue weighted by atomic mass is 32.1. The van der Waals surface area contributed by atoms with Crippen LogP contribution < -0.4 is 0 Å². The minimum atomic E-state index is -0.587. The molecule has 1 aromatic rings. The Morgan fingerprint density at radius 2 is 1.74 bits per heavy atom. The molecule has 2 saturated carbocycles. The number of rotatable bonds is 3. The van der Waals surface area contributed by atoms with Gasteiger partial charge in [0.05, 0.1) is 5.92 Å². The molecule has 2 nitrogen and oxygen atoms in total. The van der Waals surface area contributed by atoms with Crippen LogP contribution in [0.15, 0.2) is 29.2 Å². The summed E-state index contributed by atoms with van der Waals surface area (Å²) in [7, 11) is 0. The Kier molecular flexibility index (Phi) is 3.57. The number of thiol groups is 1. The Labute approximate surface area is 119 Å². The molecule has 0 amide bonds. The van der Waals surface area contributed by atoms with Gasteiger partial charge in [-0.2, -0.15) is 0 Å². The fourth-order valence-electron chi connectivity index (χ4n) is 3.65. The van der Waals surface area contributed by atoms with E-state index >= 15 is 0 Å². The summed E-state index contributed by atoms with van der Waals surface area (Å²) in [5.74, 6) is 1.16. The van der Waals surface area contributed by atoms with Gasteiger partial charge in [-0.25, -0.2) is 0 Å². The first-order valence-electron chi connectivity index (χ1n) is 7.17. The van der Waals surface area contributed by atoms with Crippen LogP contribution in [-0.2, 0) is 4.79 Å². The van der Waals surface area contributed by atoms with Crippen LogP contribution in [0.25, 0.3) is 0 Å². The van der Waals surface area contributed by atoms with Gasteiger partial charge in [0, 0.05) is 4.90 Å². The lowest BCUT2D eigenvalue weighted by Crippen LogP contribution is -2.16. The summed E-state index contributed by atoms with van der Waals surface area (Å²) in [4.78, 5) is 11.9. The zero-order valence-corrected chi connectivity index (χ0v) is 11.9. The van der Waals surface area contributed by atoms with Gasteiger partial charge in [-0.1, -0.05) is 12.1 Å². The largest absolute Gasteiger partial charge is 0.481 e. The van der Waals surface area contributed by atoms with E-state index in [-0.39, 0.29) is 5.92 Å². The summed E-state index contributed by atoms with van der Waals surface area (Å²) >= 11 is 4.32. The van der Waals surface area contributed by atoms with Gasteiger partial charge >= 0.3 is 5.97 Å². The molecule has 19 heavy (non-hydrogen) atoms. The van der Waals surface area contributed by atoms with E-state index < -0.39 is 5.97 Å². The van der Waals surface area contributed by atoms with Crippen LogP contribution in [0.1, 0.15) is 43.6 Å². The van der Waals surface area contributed by atoms with Gasteiger partial charge in [-0.3, -0.25) is 4.79 Å². The van der Waals surface area contributed by atoms with Crippen molar-refractivity contribution in [1.82, 2.24) is 0 Å². The van der Waals surface area contributed by atoms with Crippen molar-refractivity contribution in [1.29, 1.82) is 0 Å². The Hall–Kier alpha value is -0.960. The SMILES string of the molecule is O=C(O)C1CC1C1CCC(c2ccc(S)cc2)CC1. The van der Waals surface area contributed by atoms with E-state index in [0.717, 1.165) is 11.3 Å². The zero-order chi connectivity index (χ0) is 13.4. The highest BCUT2D eigenvalue weighted by Crippen LogP contribution is 2.51. The van der Waals surface area contributed by atoms with E-state index in [0.29, 0.717) is 17.8 Å². The van der Waals surface area contributed by atoms with E-state index in [9.17, 15) is 4.79 Å². The predicted molar refractivity (Wildman–Crippen MR) is 77.6 cm³/mol. The topological polar surface area (TPSA) is 37.3 Å². The highest BCUT2D eigenvalue weighted by Gasteiger charge is 2.48. The molecule has 2 fully saturated rings. The number of carboxylic acids is 1. The van der Waals surface area contributed by atoms with Crippen molar-refractivity contribution in [2.24, 2.45) is 17.8 Å². The van der Waals surface area contributed by atoms with Crippen LogP contribution >= 0.6 is 12.6 Å². The first-order valence-corrected chi connectivity index (χ1v) is 7.61. The molecule has 0 spiro atoms. The number of hydrogen-bond acceptors (Lipinski definition) is 2. The van der Waals surface area contributed by atoms with Crippen LogP contribution in [-0.4, -0.2) is 11.1 Å². The number of carbonyl (C=O) groups is 1. The molecule has 1 aromatic carbocycles. The van der Waals surface area contributed by atoms with E-state index in [2.05, 4.69) is 36.9 Å². The molecule has 0 heterocycles. The minimum Gasteiger partial charge on any atom is -0.481 e. The molecule has 2 aliphatic carbocycles. The van der Waals surface area contributed by atoms with Crippen LogP contribution in [0.4, 0.5) is 0 Å². The van der Waals surface area contributed by atoms with Crippen molar-refractivity contribution < 1.29 is 9.90 Å². The Bertz CT molecular complexity index is 460. The zero-order valence-electron chi connectivity index (χ0n) is 11.0. The lowest BCUT2D eigenvalue weighted by atomic mass is 9.76. The summed E-state index contributed by atoms with van der Waals surface area (Å²) in [6.07, 6.45) is 5.72. The Morgan fingerprint density at radius 3 is 2.26 bits per heavy atom. The van der Waals surface area contributed by atoms with Gasteiger partial charge in [0.25, 0.3) is 0 Å². The fraction of sp³-hybridized carbons (Fsp3) is 0.562. The van der Waals surface area contributed by atoms with Crippen LogP contribution in [0.2, 0.25) is 0 Å². The van der Waals surface area contributed by atoms with Gasteiger partial charge in [0.1, 0.15) is 0 Å². The Balaban J connectivity index is 1.55. The van der Waals surface area contributed by atoms with Crippen molar-refractivity contribution in [2.45, 2.75) is 42.9 Å². The van der Waals surface area contributed by atoms with E-state index in [4.69, 9.17) is 5.11 Å². The second kappa shape index (κ2) is 5.20. The molecule has 2 unspecified atom stereocenters. The smallest absolute Gasteiger partial charge is 0.306 e. The fourth-order valence-corrected chi connectivity index (χ4v) is 3.80. The van der Waals surface area contributed by atoms with Crippen molar-refractivity contribution in [3.05, 3.63) is 29.8 Å². The maximum absolute atomic E-state index is 10.9. The summed E-state index contributed by atoms with van der Waals surface area (Å²) in [6.45, 7) is 0. The van der Waals surface area contributed by atoms with E-state index in [1.807, 2.05) is 0 Å². The molecule has 3 rings (SSSR count). The van der Waals surface area contributed by atoms with Crippen molar-refractivity contribution >= 4 is 18.6 Å². The average Bonchev–Trinajstić information content (AvgIpc) is 3.20. The van der Waals surface area contributed by atoms with Crippen molar-refractivity contribution in [3.63, 3.8) is 0 Å². The summed E-state index contributed by atoms with van der Waals surface area (Å²) in [5.41, 5.74) is 1.42. The Morgan fingerprint density at radius 1 is 1.11 bits per heavy atom. The molecule has 102 valence electrons. The molecule has 2 atom stereocenters. The number of hydrogen-bond donors (Lipinski definition) is 2. The van der Waals surface area contributed by atoms with Gasteiger partial charge in [-0.15, -0.1) is 12.6 Å². The van der Waals surface area contributed by atoms with E-state index in [1.54, 1.807) is 0 Å². The number of carboxylic acid groups (broad SMARTS) is 1. The third-order valence-electron chi connectivity index (χ3n) is 4.90. The van der Waals surface area contributed by atoms with Gasteiger partial charge in [0.15, 0.2) is 0 Å². The second-order valence-electron chi connectivity index (χ2n) is 6.05. The monoisotopic (exact) mass is 276 g/mol. The maximum Gasteiger partial charge on any atom is 0.306 e. The van der Waals surface area contributed by atoms with Crippen molar-refractivity contribution in [2.75, 3.05) is 0 Å². The molecule has 0 saturated heterocycles. The molecule has 0 bridgehead atoms. The molecule has 2 aliphatic rings. The first-order chi connectivity index (χ1) is 9.15.